The number of pyridine rings is 1. The largest absolute Gasteiger partial charge is 0.497 e. The lowest BCUT2D eigenvalue weighted by Gasteiger charge is -2.15. The number of carbonyl (C=O) groups excluding carboxylic acids is 2. The van der Waals surface area contributed by atoms with Gasteiger partial charge in [0.2, 0.25) is 0 Å². The molecule has 1 N–H and O–H groups in total. The van der Waals surface area contributed by atoms with Crippen LogP contribution in [0.15, 0.2) is 65.8 Å². The molecule has 2 aromatic heterocycles. The molecule has 30 heavy (non-hydrogen) atoms. The third-order valence-electron chi connectivity index (χ3n) is 4.60. The number of carbonyl (C=O) groups is 2. The zero-order valence-electron chi connectivity index (χ0n) is 16.4. The number of aromatic nitrogens is 1. The topological polar surface area (TPSA) is 80.8 Å². The van der Waals surface area contributed by atoms with Crippen molar-refractivity contribution < 1.29 is 19.1 Å². The molecular formula is C22H19N3O4S. The van der Waals surface area contributed by atoms with Crippen LogP contribution in [0.5, 0.6) is 11.5 Å². The molecule has 0 fully saturated rings. The van der Waals surface area contributed by atoms with E-state index in [0.717, 1.165) is 0 Å². The van der Waals surface area contributed by atoms with Gasteiger partial charge in [-0.2, -0.15) is 0 Å². The molecule has 4 rings (SSSR count). The van der Waals surface area contributed by atoms with E-state index in [0.29, 0.717) is 33.3 Å². The molecule has 7 nitrogen and oxygen atoms in total. The highest BCUT2D eigenvalue weighted by Gasteiger charge is 2.39. The van der Waals surface area contributed by atoms with Gasteiger partial charge in [-0.25, -0.2) is 0 Å². The Labute approximate surface area is 177 Å². The average molecular weight is 421 g/mol. The summed E-state index contributed by atoms with van der Waals surface area (Å²) in [5.41, 5.74) is 1.77. The fraction of sp³-hybridized carbons (Fsp3) is 0.136. The summed E-state index contributed by atoms with van der Waals surface area (Å²) in [4.78, 5) is 32.6. The van der Waals surface area contributed by atoms with Crippen LogP contribution in [0.4, 0.5) is 5.69 Å². The van der Waals surface area contributed by atoms with Gasteiger partial charge in [0, 0.05) is 35.0 Å². The minimum Gasteiger partial charge on any atom is -0.497 e. The van der Waals surface area contributed by atoms with E-state index >= 15 is 0 Å². The second kappa shape index (κ2) is 8.38. The van der Waals surface area contributed by atoms with Crippen molar-refractivity contribution in [2.24, 2.45) is 0 Å². The smallest absolute Gasteiger partial charge is 0.278 e. The summed E-state index contributed by atoms with van der Waals surface area (Å²) in [5, 5.41) is 4.99. The second-order valence-electron chi connectivity index (χ2n) is 6.47. The van der Waals surface area contributed by atoms with Crippen LogP contribution >= 0.6 is 11.3 Å². The van der Waals surface area contributed by atoms with Crippen LogP contribution in [-0.4, -0.2) is 35.9 Å². The molecule has 0 saturated carbocycles. The molecule has 0 bridgehead atoms. The van der Waals surface area contributed by atoms with E-state index in [1.807, 2.05) is 23.6 Å². The third kappa shape index (κ3) is 3.77. The lowest BCUT2D eigenvalue weighted by atomic mass is 10.1. The Morgan fingerprint density at radius 2 is 1.77 bits per heavy atom. The van der Waals surface area contributed by atoms with Crippen molar-refractivity contribution in [1.29, 1.82) is 0 Å². The summed E-state index contributed by atoms with van der Waals surface area (Å²) in [6.07, 6.45) is 1.63. The molecule has 0 unspecified atom stereocenters. The standard InChI is InChI=1S/C22H19N3O4S/c1-28-16-10-15(11-17(12-16)29-2)24-20-19(18-7-5-9-30-18)21(26)25(22(20)27)13-14-6-3-4-8-23-14/h3-12,24H,13H2,1-2H3. The third-order valence-corrected chi connectivity index (χ3v) is 5.49. The lowest BCUT2D eigenvalue weighted by molar-refractivity contribution is -0.137. The summed E-state index contributed by atoms with van der Waals surface area (Å²) >= 11 is 1.40. The van der Waals surface area contributed by atoms with Crippen molar-refractivity contribution in [2.75, 3.05) is 19.5 Å². The van der Waals surface area contributed by atoms with Crippen LogP contribution in [0.2, 0.25) is 0 Å². The van der Waals surface area contributed by atoms with Gasteiger partial charge in [0.25, 0.3) is 11.8 Å². The highest BCUT2D eigenvalue weighted by Crippen LogP contribution is 2.35. The van der Waals surface area contributed by atoms with E-state index in [2.05, 4.69) is 10.3 Å². The molecule has 1 aromatic carbocycles. The average Bonchev–Trinajstić information content (AvgIpc) is 3.37. The Kier molecular flexibility index (Phi) is 5.49. The maximum Gasteiger partial charge on any atom is 0.278 e. The summed E-state index contributed by atoms with van der Waals surface area (Å²) in [6, 6.07) is 14.3. The molecule has 0 atom stereocenters. The molecular weight excluding hydrogens is 402 g/mol. The zero-order valence-corrected chi connectivity index (χ0v) is 17.2. The van der Waals surface area contributed by atoms with Crippen molar-refractivity contribution in [1.82, 2.24) is 9.88 Å². The van der Waals surface area contributed by atoms with Crippen LogP contribution in [0.1, 0.15) is 10.6 Å². The summed E-state index contributed by atoms with van der Waals surface area (Å²) in [5.74, 6) is 0.371. The number of benzene rings is 1. The Hall–Kier alpha value is -3.65. The number of anilines is 1. The predicted molar refractivity (Wildman–Crippen MR) is 114 cm³/mol. The number of rotatable bonds is 7. The van der Waals surface area contributed by atoms with Gasteiger partial charge in [-0.3, -0.25) is 19.5 Å². The van der Waals surface area contributed by atoms with E-state index in [9.17, 15) is 9.59 Å². The molecule has 0 aliphatic carbocycles. The fourth-order valence-corrected chi connectivity index (χ4v) is 3.93. The maximum absolute atomic E-state index is 13.2. The van der Waals surface area contributed by atoms with E-state index < -0.39 is 5.91 Å². The molecule has 3 aromatic rings. The van der Waals surface area contributed by atoms with Gasteiger partial charge < -0.3 is 14.8 Å². The molecule has 0 radical (unpaired) electrons. The van der Waals surface area contributed by atoms with Gasteiger partial charge in [0.05, 0.1) is 32.0 Å². The first-order valence-corrected chi connectivity index (χ1v) is 10.0. The number of thiophene rings is 1. The van der Waals surface area contributed by atoms with Crippen molar-refractivity contribution in [3.8, 4) is 11.5 Å². The van der Waals surface area contributed by atoms with Crippen LogP contribution in [0, 0.1) is 0 Å². The number of ether oxygens (including phenoxy) is 2. The van der Waals surface area contributed by atoms with Gasteiger partial charge in [0.15, 0.2) is 0 Å². The van der Waals surface area contributed by atoms with Crippen molar-refractivity contribution >= 4 is 34.4 Å². The fourth-order valence-electron chi connectivity index (χ4n) is 3.16. The molecule has 2 amide bonds. The van der Waals surface area contributed by atoms with Gasteiger partial charge in [0.1, 0.15) is 17.2 Å². The Morgan fingerprint density at radius 3 is 2.37 bits per heavy atom. The van der Waals surface area contributed by atoms with E-state index in [-0.39, 0.29) is 18.1 Å². The first-order chi connectivity index (χ1) is 14.6. The Morgan fingerprint density at radius 1 is 1.00 bits per heavy atom. The van der Waals surface area contributed by atoms with Crippen LogP contribution in [-0.2, 0) is 16.1 Å². The summed E-state index contributed by atoms with van der Waals surface area (Å²) in [7, 11) is 3.10. The summed E-state index contributed by atoms with van der Waals surface area (Å²) in [6.45, 7) is 0.0972. The van der Waals surface area contributed by atoms with Crippen LogP contribution in [0.25, 0.3) is 5.57 Å². The number of imide groups is 1. The number of nitrogens with one attached hydrogen (secondary N) is 1. The molecule has 3 heterocycles. The molecule has 1 aliphatic heterocycles. The van der Waals surface area contributed by atoms with Gasteiger partial charge in [-0.15, -0.1) is 11.3 Å². The highest BCUT2D eigenvalue weighted by molar-refractivity contribution is 7.11. The minimum absolute atomic E-state index is 0.0972. The van der Waals surface area contributed by atoms with Crippen LogP contribution in [0.3, 0.4) is 0 Å². The van der Waals surface area contributed by atoms with Gasteiger partial charge in [-0.05, 0) is 23.6 Å². The Bertz CT molecular complexity index is 1090. The monoisotopic (exact) mass is 421 g/mol. The number of hydrogen-bond donors (Lipinski definition) is 1. The summed E-state index contributed by atoms with van der Waals surface area (Å²) < 4.78 is 10.6. The minimum atomic E-state index is -0.407. The molecule has 0 spiro atoms. The van der Waals surface area contributed by atoms with E-state index in [1.54, 1.807) is 50.7 Å². The molecule has 152 valence electrons. The van der Waals surface area contributed by atoms with Gasteiger partial charge in [-0.1, -0.05) is 12.1 Å². The van der Waals surface area contributed by atoms with Crippen molar-refractivity contribution in [2.45, 2.75) is 6.54 Å². The van der Waals surface area contributed by atoms with Crippen molar-refractivity contribution in [3.05, 3.63) is 76.4 Å². The SMILES string of the molecule is COc1cc(NC2=C(c3cccs3)C(=O)N(Cc3ccccn3)C2=O)cc(OC)c1. The highest BCUT2D eigenvalue weighted by atomic mass is 32.1. The number of hydrogen-bond acceptors (Lipinski definition) is 7. The quantitative estimate of drug-likeness (QED) is 0.588. The van der Waals surface area contributed by atoms with Crippen LogP contribution < -0.4 is 14.8 Å². The van der Waals surface area contributed by atoms with E-state index in [4.69, 9.17) is 9.47 Å². The first-order valence-electron chi connectivity index (χ1n) is 9.15. The van der Waals surface area contributed by atoms with E-state index in [1.165, 1.54) is 16.2 Å². The molecule has 1 aliphatic rings. The number of amides is 2. The molecule has 0 saturated heterocycles. The normalized spacial score (nSPS) is 13.7. The maximum atomic E-state index is 13.2. The van der Waals surface area contributed by atoms with Gasteiger partial charge >= 0.3 is 0 Å². The first kappa shape index (κ1) is 19.7. The lowest BCUT2D eigenvalue weighted by Crippen LogP contribution is -2.32. The van der Waals surface area contributed by atoms with Crippen molar-refractivity contribution in [3.63, 3.8) is 0 Å². The predicted octanol–water partition coefficient (Wildman–Crippen LogP) is 3.55. The molecule has 8 heteroatoms. The Balaban J connectivity index is 1.73. The number of nitrogens with zero attached hydrogens (tertiary/aromatic N) is 2. The second-order valence-corrected chi connectivity index (χ2v) is 7.42. The zero-order chi connectivity index (χ0) is 21.1. The number of methoxy groups -OCH3 is 2.